The van der Waals surface area contributed by atoms with E-state index in [4.69, 9.17) is 4.42 Å². The second kappa shape index (κ2) is 1.69. The van der Waals surface area contributed by atoms with E-state index in [1.54, 1.807) is 6.20 Å². The molecule has 2 radical (unpaired) electrons. The summed E-state index contributed by atoms with van der Waals surface area (Å²) >= 11 is 2.37. The van der Waals surface area contributed by atoms with Gasteiger partial charge in [-0.15, -0.1) is 0 Å². The van der Waals surface area contributed by atoms with Gasteiger partial charge in [0, 0.05) is 0 Å². The van der Waals surface area contributed by atoms with E-state index < -0.39 is 0 Å². The Hall–Kier alpha value is -0.258. The third-order valence-electron chi connectivity index (χ3n) is 0.639. The van der Waals surface area contributed by atoms with Gasteiger partial charge >= 0.3 is 0 Å². The highest BCUT2D eigenvalue weighted by molar-refractivity contribution is 6.28. The first-order valence-corrected chi connectivity index (χ1v) is 2.54. The molecule has 0 aliphatic heterocycles. The maximum Gasteiger partial charge on any atom is 0.277 e. The van der Waals surface area contributed by atoms with Crippen molar-refractivity contribution in [3.63, 3.8) is 0 Å². The van der Waals surface area contributed by atoms with Gasteiger partial charge in [-0.2, -0.15) is 0 Å². The predicted octanol–water partition coefficient (Wildman–Crippen LogP) is -0.223. The van der Waals surface area contributed by atoms with Crippen molar-refractivity contribution in [3.05, 3.63) is 12.0 Å². The Morgan fingerprint density at radius 1 is 1.86 bits per heavy atom. The Balaban J connectivity index is 3.04. The van der Waals surface area contributed by atoms with E-state index in [1.165, 1.54) is 0 Å². The first-order chi connectivity index (χ1) is 3.29. The molecule has 2 nitrogen and oxygen atoms in total. The molecule has 0 unspecified atom stereocenters. The quantitative estimate of drug-likeness (QED) is 0.430. The van der Waals surface area contributed by atoms with Gasteiger partial charge in [0.1, 0.15) is 5.76 Å². The van der Waals surface area contributed by atoms with Crippen LogP contribution in [0.25, 0.3) is 0 Å². The van der Waals surface area contributed by atoms with E-state index in [-0.39, 0.29) is 0 Å². The Kier molecular flexibility index (Phi) is 1.18. The molecule has 0 saturated carbocycles. The van der Waals surface area contributed by atoms with Crippen LogP contribution in [0.1, 0.15) is 5.76 Å². The minimum absolute atomic E-state index is 0.650. The number of aromatic nitrogens is 1. The van der Waals surface area contributed by atoms with Crippen molar-refractivity contribution in [3.8, 4) is 0 Å². The van der Waals surface area contributed by atoms with E-state index in [9.17, 15) is 0 Å². The number of oxazole rings is 1. The summed E-state index contributed by atoms with van der Waals surface area (Å²) in [7, 11) is 0. The van der Waals surface area contributed by atoms with Gasteiger partial charge in [0.15, 0.2) is 0 Å². The number of rotatable bonds is 0. The van der Waals surface area contributed by atoms with E-state index in [0.717, 1.165) is 5.76 Å². The topological polar surface area (TPSA) is 26.0 Å². The lowest BCUT2D eigenvalue weighted by Gasteiger charge is -1.75. The highest BCUT2D eigenvalue weighted by Gasteiger charge is 1.86. The molecule has 0 saturated heterocycles. The molecule has 1 rings (SSSR count). The van der Waals surface area contributed by atoms with Gasteiger partial charge in [-0.25, -0.2) is 4.98 Å². The molecule has 0 aliphatic rings. The standard InChI is InChI=1S/C4H4NO.Al/c1-4-2-5-3-6-4;/h2H,1H3;. The van der Waals surface area contributed by atoms with Crippen molar-refractivity contribution in [1.29, 1.82) is 0 Å². The minimum atomic E-state index is 0.650. The molecule has 0 aromatic carbocycles. The van der Waals surface area contributed by atoms with Crippen LogP contribution in [-0.4, -0.2) is 21.3 Å². The Morgan fingerprint density at radius 3 is 2.71 bits per heavy atom. The molecule has 0 atom stereocenters. The van der Waals surface area contributed by atoms with Crippen LogP contribution >= 0.6 is 0 Å². The van der Waals surface area contributed by atoms with Crippen LogP contribution in [0.5, 0.6) is 0 Å². The zero-order valence-electron chi connectivity index (χ0n) is 4.01. The highest BCUT2D eigenvalue weighted by atomic mass is 27.0. The summed E-state index contributed by atoms with van der Waals surface area (Å²) in [5, 5.41) is 0. The van der Waals surface area contributed by atoms with E-state index in [2.05, 4.69) is 21.3 Å². The Morgan fingerprint density at radius 2 is 2.57 bits per heavy atom. The van der Waals surface area contributed by atoms with Crippen molar-refractivity contribution >= 4 is 21.0 Å². The van der Waals surface area contributed by atoms with Gasteiger partial charge in [-0.05, 0) is 6.92 Å². The van der Waals surface area contributed by atoms with Crippen LogP contribution in [-0.2, 0) is 0 Å². The summed E-state index contributed by atoms with van der Waals surface area (Å²) in [4.78, 5) is 3.81. The lowest BCUT2D eigenvalue weighted by molar-refractivity contribution is 0.562. The van der Waals surface area contributed by atoms with Crippen LogP contribution in [0.3, 0.4) is 0 Å². The van der Waals surface area contributed by atoms with Crippen LogP contribution in [0, 0.1) is 6.92 Å². The summed E-state index contributed by atoms with van der Waals surface area (Å²) in [5.41, 5.74) is 0. The fourth-order valence-corrected chi connectivity index (χ4v) is 0.633. The summed E-state index contributed by atoms with van der Waals surface area (Å²) in [6.45, 7) is 1.86. The SMILES string of the molecule is Cc1cn[c]([Al])o1. The molecule has 34 valence electrons. The first-order valence-electron chi connectivity index (χ1n) is 1.97. The van der Waals surface area contributed by atoms with E-state index in [0.29, 0.717) is 4.75 Å². The minimum Gasteiger partial charge on any atom is -0.468 e. The lowest BCUT2D eigenvalue weighted by Crippen LogP contribution is -1.99. The molecule has 1 aromatic rings. The van der Waals surface area contributed by atoms with Gasteiger partial charge in [0.25, 0.3) is 16.3 Å². The van der Waals surface area contributed by atoms with E-state index >= 15 is 0 Å². The predicted molar refractivity (Wildman–Crippen MR) is 26.6 cm³/mol. The number of aryl methyl sites for hydroxylation is 1. The zero-order chi connectivity index (χ0) is 5.28. The van der Waals surface area contributed by atoms with Crippen LogP contribution in [0.2, 0.25) is 0 Å². The Labute approximate surface area is 50.0 Å². The maximum atomic E-state index is 4.94. The fraction of sp³-hybridized carbons (Fsp3) is 0.250. The summed E-state index contributed by atoms with van der Waals surface area (Å²) in [6.07, 6.45) is 1.68. The van der Waals surface area contributed by atoms with Crippen LogP contribution < -0.4 is 4.75 Å². The molecule has 1 heterocycles. The molecule has 0 N–H and O–H groups in total. The molecular weight excluding hydrogens is 105 g/mol. The van der Waals surface area contributed by atoms with Crippen LogP contribution in [0.4, 0.5) is 0 Å². The average Bonchev–Trinajstić information content (AvgIpc) is 1.87. The first kappa shape index (κ1) is 4.89. The zero-order valence-corrected chi connectivity index (χ0v) is 5.16. The molecule has 7 heavy (non-hydrogen) atoms. The number of nitrogens with zero attached hydrogens (tertiary/aromatic N) is 1. The second-order valence-corrected chi connectivity index (χ2v) is 1.80. The lowest BCUT2D eigenvalue weighted by atomic mass is 10.6. The molecule has 0 spiro atoms. The van der Waals surface area contributed by atoms with Crippen molar-refractivity contribution in [1.82, 2.24) is 4.98 Å². The molecule has 0 fully saturated rings. The van der Waals surface area contributed by atoms with Gasteiger partial charge in [-0.3, -0.25) is 0 Å². The molecule has 3 heteroatoms. The highest BCUT2D eigenvalue weighted by Crippen LogP contribution is 1.86. The van der Waals surface area contributed by atoms with Gasteiger partial charge < -0.3 is 4.42 Å². The van der Waals surface area contributed by atoms with Gasteiger partial charge in [-0.1, -0.05) is 0 Å². The fourth-order valence-electron chi connectivity index (χ4n) is 0.372. The molecule has 0 aliphatic carbocycles. The Bertz CT molecular complexity index is 144. The smallest absolute Gasteiger partial charge is 0.277 e. The second-order valence-electron chi connectivity index (χ2n) is 1.31. The van der Waals surface area contributed by atoms with Crippen LogP contribution in [0.15, 0.2) is 10.6 Å². The van der Waals surface area contributed by atoms with Crippen molar-refractivity contribution in [2.45, 2.75) is 6.92 Å². The number of hydrogen-bond donors (Lipinski definition) is 0. The summed E-state index contributed by atoms with van der Waals surface area (Å²) in [6, 6.07) is 0. The molecule has 1 aromatic heterocycles. The van der Waals surface area contributed by atoms with Crippen molar-refractivity contribution in [2.75, 3.05) is 0 Å². The van der Waals surface area contributed by atoms with Crippen molar-refractivity contribution in [2.24, 2.45) is 0 Å². The maximum absolute atomic E-state index is 4.94. The largest absolute Gasteiger partial charge is 0.468 e. The molecule has 0 bridgehead atoms. The monoisotopic (exact) mass is 109 g/mol. The van der Waals surface area contributed by atoms with Crippen molar-refractivity contribution < 1.29 is 4.42 Å². The van der Waals surface area contributed by atoms with Gasteiger partial charge in [0.2, 0.25) is 0 Å². The summed E-state index contributed by atoms with van der Waals surface area (Å²) in [5.74, 6) is 0.852. The third kappa shape index (κ3) is 1.05. The number of hydrogen-bond acceptors (Lipinski definition) is 2. The summed E-state index contributed by atoms with van der Waals surface area (Å²) < 4.78 is 5.59. The van der Waals surface area contributed by atoms with E-state index in [1.807, 2.05) is 6.92 Å². The average molecular weight is 109 g/mol. The normalized spacial score (nSPS) is 9.29. The third-order valence-corrected chi connectivity index (χ3v) is 0.906. The molecule has 0 amide bonds. The molecular formula is C4H4AlNO. The van der Waals surface area contributed by atoms with Gasteiger partial charge in [0.05, 0.1) is 10.9 Å².